The third-order valence-electron chi connectivity index (χ3n) is 2.27. The third kappa shape index (κ3) is 2.03. The number of aromatic amines is 1. The van der Waals surface area contributed by atoms with E-state index in [0.29, 0.717) is 29.8 Å². The van der Waals surface area contributed by atoms with E-state index in [2.05, 4.69) is 25.1 Å². The van der Waals surface area contributed by atoms with E-state index in [4.69, 9.17) is 10.3 Å². The Morgan fingerprint density at radius 1 is 1.39 bits per heavy atom. The van der Waals surface area contributed by atoms with E-state index in [9.17, 15) is 0 Å². The van der Waals surface area contributed by atoms with Crippen LogP contribution in [0.1, 0.15) is 5.01 Å². The molecular weight excluding hydrogens is 252 g/mol. The number of hydrogen-bond donors (Lipinski definition) is 2. The second-order valence-corrected chi connectivity index (χ2v) is 4.47. The van der Waals surface area contributed by atoms with Gasteiger partial charge in [-0.05, 0) is 6.54 Å². The molecular formula is C10H10N6OS. The van der Waals surface area contributed by atoms with E-state index in [1.54, 1.807) is 12.4 Å². The van der Waals surface area contributed by atoms with Gasteiger partial charge in [0, 0.05) is 24.2 Å². The summed E-state index contributed by atoms with van der Waals surface area (Å²) in [4.78, 5) is 15.6. The Kier molecular flexibility index (Phi) is 2.87. The van der Waals surface area contributed by atoms with Gasteiger partial charge in [0.1, 0.15) is 5.69 Å². The summed E-state index contributed by atoms with van der Waals surface area (Å²) in [6.07, 6.45) is 4.09. The van der Waals surface area contributed by atoms with Crippen LogP contribution in [-0.4, -0.2) is 31.6 Å². The van der Waals surface area contributed by atoms with Gasteiger partial charge in [0.05, 0.1) is 5.01 Å². The molecule has 0 amide bonds. The van der Waals surface area contributed by atoms with Gasteiger partial charge < -0.3 is 15.2 Å². The van der Waals surface area contributed by atoms with Gasteiger partial charge in [-0.2, -0.15) is 4.98 Å². The number of rotatable bonds is 4. The van der Waals surface area contributed by atoms with Crippen molar-refractivity contribution in [2.75, 3.05) is 6.54 Å². The molecule has 0 aliphatic heterocycles. The highest BCUT2D eigenvalue weighted by Crippen LogP contribution is 2.22. The lowest BCUT2D eigenvalue weighted by molar-refractivity contribution is 0.430. The minimum Gasteiger partial charge on any atom is -0.342 e. The maximum absolute atomic E-state index is 5.48. The van der Waals surface area contributed by atoms with Gasteiger partial charge in [-0.25, -0.2) is 9.97 Å². The molecule has 0 aliphatic rings. The van der Waals surface area contributed by atoms with Crippen molar-refractivity contribution in [1.82, 2.24) is 25.1 Å². The molecule has 8 heteroatoms. The summed E-state index contributed by atoms with van der Waals surface area (Å²) in [5.74, 6) is 1.38. The quantitative estimate of drug-likeness (QED) is 0.728. The van der Waals surface area contributed by atoms with E-state index >= 15 is 0 Å². The largest absolute Gasteiger partial charge is 0.342 e. The fraction of sp³-hybridized carbons (Fsp3) is 0.200. The molecule has 3 rings (SSSR count). The average molecular weight is 262 g/mol. The monoisotopic (exact) mass is 262 g/mol. The minimum absolute atomic E-state index is 0.390. The van der Waals surface area contributed by atoms with Gasteiger partial charge >= 0.3 is 0 Å². The Hall–Kier alpha value is -2.06. The van der Waals surface area contributed by atoms with E-state index in [1.165, 1.54) is 11.3 Å². The van der Waals surface area contributed by atoms with Gasteiger partial charge in [0.25, 0.3) is 5.89 Å². The Morgan fingerprint density at radius 2 is 2.33 bits per heavy atom. The molecule has 3 heterocycles. The number of imidazole rings is 1. The fourth-order valence-corrected chi connectivity index (χ4v) is 2.25. The molecule has 3 aromatic heterocycles. The number of thiazole rings is 1. The smallest absolute Gasteiger partial charge is 0.277 e. The number of nitrogens with one attached hydrogen (secondary N) is 1. The minimum atomic E-state index is 0.390. The molecule has 92 valence electrons. The van der Waals surface area contributed by atoms with Crippen molar-refractivity contribution < 1.29 is 4.52 Å². The van der Waals surface area contributed by atoms with Gasteiger partial charge in [-0.15, -0.1) is 11.3 Å². The summed E-state index contributed by atoms with van der Waals surface area (Å²) in [5.41, 5.74) is 6.15. The Morgan fingerprint density at radius 3 is 3.11 bits per heavy atom. The van der Waals surface area contributed by atoms with Crippen molar-refractivity contribution in [3.8, 4) is 23.2 Å². The lowest BCUT2D eigenvalue weighted by Gasteiger charge is -1.87. The summed E-state index contributed by atoms with van der Waals surface area (Å²) in [5, 5.41) is 6.69. The van der Waals surface area contributed by atoms with Gasteiger partial charge in [0.2, 0.25) is 5.82 Å². The fourth-order valence-electron chi connectivity index (χ4n) is 1.46. The van der Waals surface area contributed by atoms with E-state index in [1.807, 2.05) is 5.38 Å². The lowest BCUT2D eigenvalue weighted by Crippen LogP contribution is -2.01. The first-order valence-electron chi connectivity index (χ1n) is 5.35. The molecule has 0 saturated carbocycles. The summed E-state index contributed by atoms with van der Waals surface area (Å²) < 4.78 is 5.16. The zero-order valence-corrected chi connectivity index (χ0v) is 10.1. The molecule has 0 bridgehead atoms. The molecule has 0 aliphatic carbocycles. The lowest BCUT2D eigenvalue weighted by atomic mass is 10.4. The number of nitrogens with zero attached hydrogens (tertiary/aromatic N) is 4. The van der Waals surface area contributed by atoms with Crippen molar-refractivity contribution in [2.45, 2.75) is 6.42 Å². The van der Waals surface area contributed by atoms with Crippen LogP contribution in [0.2, 0.25) is 0 Å². The van der Waals surface area contributed by atoms with Crippen molar-refractivity contribution in [3.63, 3.8) is 0 Å². The van der Waals surface area contributed by atoms with Gasteiger partial charge in [0.15, 0.2) is 5.82 Å². The zero-order valence-electron chi connectivity index (χ0n) is 9.33. The van der Waals surface area contributed by atoms with Crippen LogP contribution in [0.3, 0.4) is 0 Å². The van der Waals surface area contributed by atoms with E-state index < -0.39 is 0 Å². The second kappa shape index (κ2) is 4.67. The highest BCUT2D eigenvalue weighted by atomic mass is 32.1. The first-order chi connectivity index (χ1) is 8.86. The van der Waals surface area contributed by atoms with Crippen LogP contribution in [0, 0.1) is 0 Å². The molecule has 0 spiro atoms. The van der Waals surface area contributed by atoms with E-state index in [0.717, 1.165) is 11.4 Å². The van der Waals surface area contributed by atoms with Gasteiger partial charge in [-0.1, -0.05) is 5.16 Å². The van der Waals surface area contributed by atoms with Crippen LogP contribution in [0.5, 0.6) is 0 Å². The number of aromatic nitrogens is 5. The summed E-state index contributed by atoms with van der Waals surface area (Å²) >= 11 is 1.53. The summed E-state index contributed by atoms with van der Waals surface area (Å²) in [7, 11) is 0. The summed E-state index contributed by atoms with van der Waals surface area (Å²) in [6, 6.07) is 0. The molecule has 18 heavy (non-hydrogen) atoms. The highest BCUT2D eigenvalue weighted by molar-refractivity contribution is 7.09. The van der Waals surface area contributed by atoms with Gasteiger partial charge in [-0.3, -0.25) is 0 Å². The molecule has 0 unspecified atom stereocenters. The van der Waals surface area contributed by atoms with Crippen molar-refractivity contribution >= 4 is 11.3 Å². The van der Waals surface area contributed by atoms with Crippen LogP contribution in [0.4, 0.5) is 0 Å². The predicted molar refractivity (Wildman–Crippen MR) is 65.7 cm³/mol. The van der Waals surface area contributed by atoms with Crippen molar-refractivity contribution in [1.29, 1.82) is 0 Å². The second-order valence-electron chi connectivity index (χ2n) is 3.53. The van der Waals surface area contributed by atoms with Crippen molar-refractivity contribution in [3.05, 3.63) is 22.8 Å². The molecule has 0 saturated heterocycles. The predicted octanol–water partition coefficient (Wildman–Crippen LogP) is 1.08. The van der Waals surface area contributed by atoms with Crippen LogP contribution in [0.25, 0.3) is 23.2 Å². The molecule has 0 fully saturated rings. The molecule has 0 aromatic carbocycles. The number of hydrogen-bond acceptors (Lipinski definition) is 7. The molecule has 0 atom stereocenters. The normalized spacial score (nSPS) is 10.9. The van der Waals surface area contributed by atoms with E-state index in [-0.39, 0.29) is 0 Å². The molecule has 3 aromatic rings. The number of nitrogens with two attached hydrogens (primary N) is 1. The molecule has 3 N–H and O–H groups in total. The Bertz CT molecular complexity index is 628. The van der Waals surface area contributed by atoms with Crippen LogP contribution in [-0.2, 0) is 6.42 Å². The molecule has 0 radical (unpaired) electrons. The standard InChI is InChI=1S/C10H10N6OS/c11-2-1-7-14-6(5-18-7)10-15-9(16-17-10)8-12-3-4-13-8/h3-5H,1-2,11H2,(H,12,13). The maximum atomic E-state index is 5.48. The van der Waals surface area contributed by atoms with Crippen LogP contribution >= 0.6 is 11.3 Å². The Balaban J connectivity index is 1.88. The number of H-pyrrole nitrogens is 1. The first-order valence-corrected chi connectivity index (χ1v) is 6.23. The molecule has 7 nitrogen and oxygen atoms in total. The highest BCUT2D eigenvalue weighted by Gasteiger charge is 2.14. The topological polar surface area (TPSA) is 107 Å². The SMILES string of the molecule is NCCc1nc(-c2nc(-c3ncc[nH]3)no2)cs1. The third-order valence-corrected chi connectivity index (χ3v) is 3.17. The summed E-state index contributed by atoms with van der Waals surface area (Å²) in [6.45, 7) is 0.578. The Labute approximate surface area is 106 Å². The van der Waals surface area contributed by atoms with Crippen LogP contribution < -0.4 is 5.73 Å². The van der Waals surface area contributed by atoms with Crippen molar-refractivity contribution in [2.24, 2.45) is 5.73 Å². The van der Waals surface area contributed by atoms with Crippen LogP contribution in [0.15, 0.2) is 22.3 Å². The first kappa shape index (κ1) is 11.1. The zero-order chi connectivity index (χ0) is 12.4. The maximum Gasteiger partial charge on any atom is 0.277 e. The average Bonchev–Trinajstić information content (AvgIpc) is 3.10.